The molecule has 0 spiro atoms. The lowest BCUT2D eigenvalue weighted by Gasteiger charge is -2.11. The van der Waals surface area contributed by atoms with Gasteiger partial charge in [0.1, 0.15) is 5.02 Å². The summed E-state index contributed by atoms with van der Waals surface area (Å²) in [6.45, 7) is 3.94. The van der Waals surface area contributed by atoms with E-state index in [1.165, 1.54) is 19.3 Å². The Morgan fingerprint density at radius 1 is 1.47 bits per heavy atom. The summed E-state index contributed by atoms with van der Waals surface area (Å²) >= 11 is 5.78. The van der Waals surface area contributed by atoms with Gasteiger partial charge in [0.25, 0.3) is 5.69 Å². The maximum atomic E-state index is 10.8. The summed E-state index contributed by atoms with van der Waals surface area (Å²) in [4.78, 5) is 10.4. The van der Waals surface area contributed by atoms with E-state index < -0.39 is 4.92 Å². The molecule has 1 aromatic rings. The van der Waals surface area contributed by atoms with Crippen LogP contribution in [0.1, 0.15) is 31.7 Å². The molecule has 104 valence electrons. The fraction of sp³-hybridized carbons (Fsp3) is 0.571. The van der Waals surface area contributed by atoms with Crippen LogP contribution in [0.15, 0.2) is 18.2 Å². The van der Waals surface area contributed by atoms with Gasteiger partial charge in [0.05, 0.1) is 4.92 Å². The maximum absolute atomic E-state index is 10.8. The SMILES string of the molecule is CC1CCC(CNCc2ccc(Cl)c([N+](=O)[O-])c2)C1. The molecule has 0 heterocycles. The highest BCUT2D eigenvalue weighted by molar-refractivity contribution is 6.32. The van der Waals surface area contributed by atoms with E-state index in [0.717, 1.165) is 23.9 Å². The van der Waals surface area contributed by atoms with Crippen molar-refractivity contribution in [2.24, 2.45) is 11.8 Å². The Balaban J connectivity index is 1.86. The molecule has 0 bridgehead atoms. The number of nitrogens with one attached hydrogen (secondary N) is 1. The van der Waals surface area contributed by atoms with E-state index >= 15 is 0 Å². The topological polar surface area (TPSA) is 55.2 Å². The fourth-order valence-electron chi connectivity index (χ4n) is 2.74. The maximum Gasteiger partial charge on any atom is 0.288 e. The average Bonchev–Trinajstić information content (AvgIpc) is 2.77. The first-order valence-electron chi connectivity index (χ1n) is 6.70. The zero-order valence-electron chi connectivity index (χ0n) is 11.1. The lowest BCUT2D eigenvalue weighted by molar-refractivity contribution is -0.384. The van der Waals surface area contributed by atoms with Gasteiger partial charge in [-0.1, -0.05) is 31.0 Å². The highest BCUT2D eigenvalue weighted by Crippen LogP contribution is 2.30. The van der Waals surface area contributed by atoms with Crippen molar-refractivity contribution < 1.29 is 4.92 Å². The Morgan fingerprint density at radius 2 is 2.26 bits per heavy atom. The summed E-state index contributed by atoms with van der Waals surface area (Å²) < 4.78 is 0. The second-order valence-electron chi connectivity index (χ2n) is 5.46. The first-order chi connectivity index (χ1) is 9.06. The molecule has 1 aromatic carbocycles. The third-order valence-corrected chi connectivity index (χ3v) is 4.09. The van der Waals surface area contributed by atoms with Crippen LogP contribution in [0.3, 0.4) is 0 Å². The largest absolute Gasteiger partial charge is 0.312 e. The van der Waals surface area contributed by atoms with Gasteiger partial charge in [0.15, 0.2) is 0 Å². The van der Waals surface area contributed by atoms with E-state index in [0.29, 0.717) is 6.54 Å². The highest BCUT2D eigenvalue weighted by Gasteiger charge is 2.20. The van der Waals surface area contributed by atoms with Crippen molar-refractivity contribution in [2.45, 2.75) is 32.7 Å². The van der Waals surface area contributed by atoms with Gasteiger partial charge in [-0.3, -0.25) is 10.1 Å². The molecule has 1 aliphatic carbocycles. The average molecular weight is 283 g/mol. The Labute approximate surface area is 118 Å². The Kier molecular flexibility index (Phi) is 4.77. The van der Waals surface area contributed by atoms with Crippen LogP contribution in [0.2, 0.25) is 5.02 Å². The molecular formula is C14H19ClN2O2. The molecule has 0 radical (unpaired) electrons. The lowest BCUT2D eigenvalue weighted by Crippen LogP contribution is -2.21. The van der Waals surface area contributed by atoms with Crippen molar-refractivity contribution in [1.29, 1.82) is 0 Å². The van der Waals surface area contributed by atoms with Gasteiger partial charge in [0, 0.05) is 12.6 Å². The van der Waals surface area contributed by atoms with Crippen LogP contribution in [0, 0.1) is 22.0 Å². The van der Waals surface area contributed by atoms with Crippen molar-refractivity contribution in [1.82, 2.24) is 5.32 Å². The Hall–Kier alpha value is -1.13. The van der Waals surface area contributed by atoms with Gasteiger partial charge in [-0.15, -0.1) is 0 Å². The van der Waals surface area contributed by atoms with Crippen LogP contribution in [-0.4, -0.2) is 11.5 Å². The third kappa shape index (κ3) is 3.91. The van der Waals surface area contributed by atoms with Crippen LogP contribution >= 0.6 is 11.6 Å². The number of hydrogen-bond donors (Lipinski definition) is 1. The van der Waals surface area contributed by atoms with Gasteiger partial charge < -0.3 is 5.32 Å². The molecule has 5 heteroatoms. The van der Waals surface area contributed by atoms with Gasteiger partial charge in [-0.2, -0.15) is 0 Å². The summed E-state index contributed by atoms with van der Waals surface area (Å²) in [6, 6.07) is 4.97. The number of nitro groups is 1. The number of halogens is 1. The van der Waals surface area contributed by atoms with E-state index in [2.05, 4.69) is 12.2 Å². The third-order valence-electron chi connectivity index (χ3n) is 3.77. The molecular weight excluding hydrogens is 264 g/mol. The molecule has 2 atom stereocenters. The minimum Gasteiger partial charge on any atom is -0.312 e. The predicted octanol–water partition coefficient (Wildman–Crippen LogP) is 3.77. The van der Waals surface area contributed by atoms with Crippen molar-refractivity contribution in [3.8, 4) is 0 Å². The summed E-state index contributed by atoms with van der Waals surface area (Å²) in [5.41, 5.74) is 0.887. The van der Waals surface area contributed by atoms with E-state index in [-0.39, 0.29) is 10.7 Å². The number of hydrogen-bond acceptors (Lipinski definition) is 3. The second-order valence-corrected chi connectivity index (χ2v) is 5.87. The van der Waals surface area contributed by atoms with Crippen LogP contribution in [0.25, 0.3) is 0 Å². The fourth-order valence-corrected chi connectivity index (χ4v) is 2.93. The Morgan fingerprint density at radius 3 is 2.89 bits per heavy atom. The molecule has 0 aliphatic heterocycles. The molecule has 0 saturated heterocycles. The van der Waals surface area contributed by atoms with Gasteiger partial charge >= 0.3 is 0 Å². The summed E-state index contributed by atoms with van der Waals surface area (Å²) in [5.74, 6) is 1.58. The second kappa shape index (κ2) is 6.35. The predicted molar refractivity (Wildman–Crippen MR) is 76.3 cm³/mol. The molecule has 0 amide bonds. The normalized spacial score (nSPS) is 22.6. The van der Waals surface area contributed by atoms with Crippen molar-refractivity contribution in [2.75, 3.05) is 6.54 Å². The van der Waals surface area contributed by atoms with Crippen LogP contribution < -0.4 is 5.32 Å². The zero-order chi connectivity index (χ0) is 13.8. The molecule has 1 saturated carbocycles. The van der Waals surface area contributed by atoms with Crippen LogP contribution in [0.5, 0.6) is 0 Å². The minimum atomic E-state index is -0.440. The molecule has 1 aliphatic rings. The summed E-state index contributed by atoms with van der Waals surface area (Å²) in [7, 11) is 0. The van der Waals surface area contributed by atoms with Gasteiger partial charge in [-0.05, 0) is 42.9 Å². The van der Waals surface area contributed by atoms with Crippen molar-refractivity contribution in [3.05, 3.63) is 38.9 Å². The number of rotatable bonds is 5. The quantitative estimate of drug-likeness (QED) is 0.660. The lowest BCUT2D eigenvalue weighted by atomic mass is 10.1. The number of nitro benzene ring substituents is 1. The smallest absolute Gasteiger partial charge is 0.288 e. The number of benzene rings is 1. The molecule has 0 aromatic heterocycles. The molecule has 19 heavy (non-hydrogen) atoms. The first kappa shape index (κ1) is 14.3. The molecule has 1 fully saturated rings. The molecule has 2 unspecified atom stereocenters. The summed E-state index contributed by atoms with van der Waals surface area (Å²) in [5, 5.41) is 14.4. The van der Waals surface area contributed by atoms with E-state index in [4.69, 9.17) is 11.6 Å². The van der Waals surface area contributed by atoms with Crippen molar-refractivity contribution >= 4 is 17.3 Å². The van der Waals surface area contributed by atoms with Crippen LogP contribution in [0.4, 0.5) is 5.69 Å². The van der Waals surface area contributed by atoms with Gasteiger partial charge in [0.2, 0.25) is 0 Å². The van der Waals surface area contributed by atoms with Crippen LogP contribution in [-0.2, 0) is 6.54 Å². The molecule has 4 nitrogen and oxygen atoms in total. The zero-order valence-corrected chi connectivity index (χ0v) is 11.8. The monoisotopic (exact) mass is 282 g/mol. The van der Waals surface area contributed by atoms with E-state index in [1.807, 2.05) is 6.07 Å². The highest BCUT2D eigenvalue weighted by atomic mass is 35.5. The first-order valence-corrected chi connectivity index (χ1v) is 7.07. The van der Waals surface area contributed by atoms with E-state index in [9.17, 15) is 10.1 Å². The van der Waals surface area contributed by atoms with Gasteiger partial charge in [-0.25, -0.2) is 0 Å². The standard InChI is InChI=1S/C14H19ClN2O2/c1-10-2-3-11(6-10)8-16-9-12-4-5-13(15)14(7-12)17(18)19/h4-5,7,10-11,16H,2-3,6,8-9H2,1H3. The summed E-state index contributed by atoms with van der Waals surface area (Å²) in [6.07, 6.45) is 3.89. The van der Waals surface area contributed by atoms with Crippen molar-refractivity contribution in [3.63, 3.8) is 0 Å². The Bertz CT molecular complexity index is 465. The minimum absolute atomic E-state index is 0.0181. The number of nitrogens with zero attached hydrogens (tertiary/aromatic N) is 1. The van der Waals surface area contributed by atoms with E-state index in [1.54, 1.807) is 12.1 Å². The molecule has 2 rings (SSSR count). The molecule has 1 N–H and O–H groups in total.